The number of carbonyl (C=O) groups is 1. The lowest BCUT2D eigenvalue weighted by molar-refractivity contribution is -0.343. The van der Waals surface area contributed by atoms with Crippen molar-refractivity contribution in [3.63, 3.8) is 0 Å². The van der Waals surface area contributed by atoms with Gasteiger partial charge in [0.15, 0.2) is 0 Å². The van der Waals surface area contributed by atoms with Gasteiger partial charge in [0.25, 0.3) is 0 Å². The Labute approximate surface area is 148 Å². The third-order valence-corrected chi connectivity index (χ3v) is 4.25. The molecular formula is C17H11F7N2O. The van der Waals surface area contributed by atoms with Crippen molar-refractivity contribution in [2.45, 2.75) is 24.4 Å². The van der Waals surface area contributed by atoms with E-state index in [0.717, 1.165) is 5.56 Å². The average Bonchev–Trinajstić information content (AvgIpc) is 3.03. The van der Waals surface area contributed by atoms with Crippen LogP contribution in [-0.4, -0.2) is 35.5 Å². The van der Waals surface area contributed by atoms with Crippen LogP contribution in [0.25, 0.3) is 11.1 Å². The molecule has 10 heteroatoms. The Morgan fingerprint density at radius 3 is 2.15 bits per heavy atom. The van der Waals surface area contributed by atoms with Crippen LogP contribution < -0.4 is 4.90 Å². The Kier molecular flexibility index (Phi) is 4.40. The summed E-state index contributed by atoms with van der Waals surface area (Å²) in [5.41, 5.74) is 1.68. The number of carbonyl (C=O) groups excluding carboxylic acids is 1. The highest BCUT2D eigenvalue weighted by atomic mass is 19.4. The van der Waals surface area contributed by atoms with Crippen molar-refractivity contribution in [3.8, 4) is 11.1 Å². The molecule has 1 aliphatic heterocycles. The van der Waals surface area contributed by atoms with E-state index in [4.69, 9.17) is 0 Å². The van der Waals surface area contributed by atoms with Gasteiger partial charge in [-0.05, 0) is 47.4 Å². The molecule has 0 spiro atoms. The molecule has 1 amide bonds. The Morgan fingerprint density at radius 2 is 1.56 bits per heavy atom. The molecular weight excluding hydrogens is 381 g/mol. The number of halogens is 7. The third-order valence-electron chi connectivity index (χ3n) is 4.25. The largest absolute Gasteiger partial charge is 0.460 e. The average molecular weight is 392 g/mol. The molecule has 1 aromatic heterocycles. The van der Waals surface area contributed by atoms with Gasteiger partial charge in [-0.1, -0.05) is 6.07 Å². The fraction of sp³-hybridized carbons (Fsp3) is 0.294. The highest BCUT2D eigenvalue weighted by Gasteiger charge is 2.77. The monoisotopic (exact) mass is 392 g/mol. The number of benzene rings is 1. The first kappa shape index (κ1) is 19.1. The molecule has 0 N–H and O–H groups in total. The van der Waals surface area contributed by atoms with Crippen LogP contribution in [0.1, 0.15) is 5.56 Å². The van der Waals surface area contributed by atoms with Gasteiger partial charge in [-0.3, -0.25) is 9.78 Å². The van der Waals surface area contributed by atoms with Gasteiger partial charge < -0.3 is 4.90 Å². The number of hydrogen-bond donors (Lipinski definition) is 0. The van der Waals surface area contributed by atoms with E-state index in [2.05, 4.69) is 4.98 Å². The maximum atomic E-state index is 13.7. The summed E-state index contributed by atoms with van der Waals surface area (Å²) in [6, 6.07) is 7.63. The SMILES string of the molecule is O=C(N1CCc2cc(-c3ccncc3)ccc21)C(F)(F)C(F)(F)C(F)(F)F. The highest BCUT2D eigenvalue weighted by Crippen LogP contribution is 2.48. The Bertz CT molecular complexity index is 865. The maximum Gasteiger partial charge on any atom is 0.460 e. The lowest BCUT2D eigenvalue weighted by Crippen LogP contribution is -2.60. The first-order valence-corrected chi connectivity index (χ1v) is 7.64. The summed E-state index contributed by atoms with van der Waals surface area (Å²) in [5, 5.41) is 0. The second kappa shape index (κ2) is 6.21. The molecule has 0 saturated heterocycles. The van der Waals surface area contributed by atoms with E-state index in [1.165, 1.54) is 24.5 Å². The van der Waals surface area contributed by atoms with Crippen molar-refractivity contribution in [1.82, 2.24) is 4.98 Å². The molecule has 27 heavy (non-hydrogen) atoms. The van der Waals surface area contributed by atoms with E-state index in [-0.39, 0.29) is 17.0 Å². The zero-order valence-electron chi connectivity index (χ0n) is 13.4. The molecule has 1 aromatic carbocycles. The van der Waals surface area contributed by atoms with Crippen LogP contribution in [0.4, 0.5) is 36.4 Å². The first-order chi connectivity index (χ1) is 12.5. The number of aromatic nitrogens is 1. The summed E-state index contributed by atoms with van der Waals surface area (Å²) in [7, 11) is 0. The van der Waals surface area contributed by atoms with E-state index in [1.54, 1.807) is 18.2 Å². The van der Waals surface area contributed by atoms with E-state index in [0.29, 0.717) is 11.1 Å². The second-order valence-corrected chi connectivity index (χ2v) is 5.93. The van der Waals surface area contributed by atoms with E-state index < -0.39 is 30.5 Å². The fourth-order valence-electron chi connectivity index (χ4n) is 2.82. The lowest BCUT2D eigenvalue weighted by Gasteiger charge is -2.30. The molecule has 2 aromatic rings. The number of anilines is 1. The second-order valence-electron chi connectivity index (χ2n) is 5.93. The minimum Gasteiger partial charge on any atom is -0.306 e. The lowest BCUT2D eigenvalue weighted by atomic mass is 10.0. The number of nitrogens with zero attached hydrogens (tertiary/aromatic N) is 2. The molecule has 0 fully saturated rings. The number of hydrogen-bond acceptors (Lipinski definition) is 2. The van der Waals surface area contributed by atoms with Crippen molar-refractivity contribution in [1.29, 1.82) is 0 Å². The predicted molar refractivity (Wildman–Crippen MR) is 81.7 cm³/mol. The number of fused-ring (bicyclic) bond motifs is 1. The molecule has 3 nitrogen and oxygen atoms in total. The number of amides is 1. The van der Waals surface area contributed by atoms with Gasteiger partial charge in [-0.25, -0.2) is 0 Å². The summed E-state index contributed by atoms with van der Waals surface area (Å²) in [6.07, 6.45) is -3.45. The van der Waals surface area contributed by atoms with Gasteiger partial charge in [0.1, 0.15) is 0 Å². The zero-order chi connectivity index (χ0) is 20.0. The van der Waals surface area contributed by atoms with Crippen molar-refractivity contribution in [3.05, 3.63) is 48.3 Å². The van der Waals surface area contributed by atoms with Crippen LogP contribution >= 0.6 is 0 Å². The molecule has 0 aliphatic carbocycles. The van der Waals surface area contributed by atoms with Gasteiger partial charge in [-0.2, -0.15) is 30.7 Å². The summed E-state index contributed by atoms with van der Waals surface area (Å²) in [4.78, 5) is 16.0. The normalized spacial score (nSPS) is 15.0. The minimum atomic E-state index is -6.56. The third kappa shape index (κ3) is 3.02. The van der Waals surface area contributed by atoms with Gasteiger partial charge in [-0.15, -0.1) is 0 Å². The molecule has 3 rings (SSSR count). The Balaban J connectivity index is 1.93. The Morgan fingerprint density at radius 1 is 0.926 bits per heavy atom. The topological polar surface area (TPSA) is 33.2 Å². The highest BCUT2D eigenvalue weighted by molar-refractivity contribution is 6.01. The van der Waals surface area contributed by atoms with Crippen molar-refractivity contribution in [2.75, 3.05) is 11.4 Å². The molecule has 0 bridgehead atoms. The van der Waals surface area contributed by atoms with Crippen LogP contribution in [0.3, 0.4) is 0 Å². The molecule has 0 radical (unpaired) electrons. The molecule has 0 atom stereocenters. The predicted octanol–water partition coefficient (Wildman–Crippen LogP) is 4.47. The van der Waals surface area contributed by atoms with Crippen LogP contribution in [0.5, 0.6) is 0 Å². The Hall–Kier alpha value is -2.65. The van der Waals surface area contributed by atoms with Crippen LogP contribution in [0.15, 0.2) is 42.7 Å². The van der Waals surface area contributed by atoms with Gasteiger partial charge >= 0.3 is 23.9 Å². The van der Waals surface area contributed by atoms with E-state index in [9.17, 15) is 35.5 Å². The summed E-state index contributed by atoms with van der Waals surface area (Å²) in [6.45, 7) is -0.419. The van der Waals surface area contributed by atoms with Crippen molar-refractivity contribution >= 4 is 11.6 Å². The summed E-state index contributed by atoms with van der Waals surface area (Å²) >= 11 is 0. The molecule has 0 saturated carbocycles. The molecule has 1 aliphatic rings. The standard InChI is InChI=1S/C17H11F7N2O/c18-15(19,16(20,21)17(22,23)24)14(27)26-8-5-12-9-11(1-2-13(12)26)10-3-6-25-7-4-10/h1-4,6-7,9H,5,8H2. The minimum absolute atomic E-state index is 0.0493. The van der Waals surface area contributed by atoms with Crippen LogP contribution in [0.2, 0.25) is 0 Å². The maximum absolute atomic E-state index is 13.7. The molecule has 2 heterocycles. The van der Waals surface area contributed by atoms with E-state index in [1.807, 2.05) is 0 Å². The number of pyridine rings is 1. The van der Waals surface area contributed by atoms with Gasteiger partial charge in [0.2, 0.25) is 0 Å². The summed E-state index contributed by atoms with van der Waals surface area (Å²) < 4.78 is 90.6. The molecule has 0 unspecified atom stereocenters. The smallest absolute Gasteiger partial charge is 0.306 e. The zero-order valence-corrected chi connectivity index (χ0v) is 13.4. The first-order valence-electron chi connectivity index (χ1n) is 7.64. The van der Waals surface area contributed by atoms with Crippen LogP contribution in [-0.2, 0) is 11.2 Å². The summed E-state index contributed by atoms with van der Waals surface area (Å²) in [5.74, 6) is -15.0. The molecule has 144 valence electrons. The van der Waals surface area contributed by atoms with Crippen molar-refractivity contribution in [2.24, 2.45) is 0 Å². The van der Waals surface area contributed by atoms with Crippen molar-refractivity contribution < 1.29 is 35.5 Å². The van der Waals surface area contributed by atoms with E-state index >= 15 is 0 Å². The van der Waals surface area contributed by atoms with Crippen LogP contribution in [0, 0.1) is 0 Å². The van der Waals surface area contributed by atoms with Gasteiger partial charge in [0, 0.05) is 24.6 Å². The quantitative estimate of drug-likeness (QED) is 0.723. The number of alkyl halides is 7. The fourth-order valence-corrected chi connectivity index (χ4v) is 2.82. The number of rotatable bonds is 3. The van der Waals surface area contributed by atoms with Gasteiger partial charge in [0.05, 0.1) is 0 Å².